The molecule has 0 aliphatic carbocycles. The zero-order valence-corrected chi connectivity index (χ0v) is 16.0. The second kappa shape index (κ2) is 7.73. The highest BCUT2D eigenvalue weighted by molar-refractivity contribution is 7.89. The molecular weight excluding hydrogens is 398 g/mol. The van der Waals surface area contributed by atoms with Gasteiger partial charge < -0.3 is 14.2 Å². The number of carbonyl (C=O) groups is 1. The summed E-state index contributed by atoms with van der Waals surface area (Å²) < 4.78 is 41.2. The Kier molecular flexibility index (Phi) is 5.56. The molecule has 3 rings (SSSR count). The molecule has 0 amide bonds. The lowest BCUT2D eigenvalue weighted by Gasteiger charge is -2.15. The monoisotopic (exact) mass is 413 g/mol. The fourth-order valence-electron chi connectivity index (χ4n) is 2.33. The van der Waals surface area contributed by atoms with Crippen LogP contribution < -0.4 is 9.47 Å². The lowest BCUT2D eigenvalue weighted by Crippen LogP contribution is -2.26. The van der Waals surface area contributed by atoms with Gasteiger partial charge in [-0.15, -0.1) is 0 Å². The van der Waals surface area contributed by atoms with Crippen LogP contribution in [0.4, 0.5) is 0 Å². The number of sulfonamides is 1. The van der Waals surface area contributed by atoms with Crippen molar-refractivity contribution in [1.82, 2.24) is 4.47 Å². The first kappa shape index (κ1) is 19.4. The highest BCUT2D eigenvalue weighted by Crippen LogP contribution is 2.32. The Balaban J connectivity index is 1.76. The summed E-state index contributed by atoms with van der Waals surface area (Å²) in [6.07, 6.45) is 0. The largest absolute Gasteiger partial charge is 0.457 e. The van der Waals surface area contributed by atoms with Crippen molar-refractivity contribution in [2.75, 3.05) is 21.0 Å². The molecule has 0 atom stereocenters. The van der Waals surface area contributed by atoms with Gasteiger partial charge in [-0.3, -0.25) is 4.84 Å². The average molecular weight is 414 g/mol. The van der Waals surface area contributed by atoms with E-state index in [0.29, 0.717) is 21.5 Å². The van der Waals surface area contributed by atoms with Gasteiger partial charge in [-0.25, -0.2) is 13.2 Å². The molecule has 0 spiro atoms. The maximum atomic E-state index is 12.4. The van der Waals surface area contributed by atoms with Crippen LogP contribution >= 0.6 is 11.6 Å². The van der Waals surface area contributed by atoms with Gasteiger partial charge in [0.15, 0.2) is 11.5 Å². The molecule has 1 heterocycles. The van der Waals surface area contributed by atoms with Crippen molar-refractivity contribution in [2.45, 2.75) is 11.5 Å². The van der Waals surface area contributed by atoms with Gasteiger partial charge in [-0.1, -0.05) is 22.1 Å². The molecule has 0 saturated heterocycles. The summed E-state index contributed by atoms with van der Waals surface area (Å²) >= 11 is 5.97. The summed E-state index contributed by atoms with van der Waals surface area (Å²) in [5.41, 5.74) is 0.747. The van der Waals surface area contributed by atoms with E-state index in [-0.39, 0.29) is 28.9 Å². The Labute approximate surface area is 161 Å². The highest BCUT2D eigenvalue weighted by atomic mass is 35.5. The van der Waals surface area contributed by atoms with E-state index in [0.717, 1.165) is 6.07 Å². The van der Waals surface area contributed by atoms with Gasteiger partial charge in [0.05, 0.1) is 17.7 Å². The minimum atomic E-state index is -4.01. The van der Waals surface area contributed by atoms with Crippen LogP contribution in [-0.2, 0) is 26.2 Å². The van der Waals surface area contributed by atoms with Crippen LogP contribution in [0, 0.1) is 0 Å². The van der Waals surface area contributed by atoms with Crippen LogP contribution in [0.2, 0.25) is 5.02 Å². The number of esters is 1. The van der Waals surface area contributed by atoms with Gasteiger partial charge in [0, 0.05) is 7.05 Å². The van der Waals surface area contributed by atoms with E-state index in [1.807, 2.05) is 0 Å². The van der Waals surface area contributed by atoms with Crippen molar-refractivity contribution in [2.24, 2.45) is 0 Å². The first-order chi connectivity index (χ1) is 12.8. The summed E-state index contributed by atoms with van der Waals surface area (Å²) in [5, 5.41) is -0.0359. The maximum absolute atomic E-state index is 12.4. The molecule has 0 saturated carbocycles. The van der Waals surface area contributed by atoms with E-state index in [4.69, 9.17) is 30.6 Å². The van der Waals surface area contributed by atoms with Crippen molar-refractivity contribution < 1.29 is 32.3 Å². The van der Waals surface area contributed by atoms with E-state index < -0.39 is 16.0 Å². The molecule has 2 aromatic rings. The quantitative estimate of drug-likeness (QED) is 0.531. The average Bonchev–Trinajstić information content (AvgIpc) is 3.13. The Hall–Kier alpha value is -2.33. The molecule has 27 heavy (non-hydrogen) atoms. The number of benzene rings is 2. The number of hydrogen-bond acceptors (Lipinski definition) is 7. The minimum absolute atomic E-state index is 0.0157. The summed E-state index contributed by atoms with van der Waals surface area (Å²) in [4.78, 5) is 16.8. The number of nitrogens with zero attached hydrogens (tertiary/aromatic N) is 1. The van der Waals surface area contributed by atoms with Crippen LogP contribution in [0.5, 0.6) is 11.5 Å². The van der Waals surface area contributed by atoms with E-state index in [9.17, 15) is 13.2 Å². The number of rotatable bonds is 6. The molecule has 8 nitrogen and oxygen atoms in total. The van der Waals surface area contributed by atoms with Gasteiger partial charge >= 0.3 is 5.97 Å². The fraction of sp³-hybridized carbons (Fsp3) is 0.235. The molecule has 0 bridgehead atoms. The highest BCUT2D eigenvalue weighted by Gasteiger charge is 2.25. The summed E-state index contributed by atoms with van der Waals surface area (Å²) in [6.45, 7) is 0.134. The third kappa shape index (κ3) is 4.01. The lowest BCUT2D eigenvalue weighted by atomic mass is 10.2. The summed E-state index contributed by atoms with van der Waals surface area (Å²) in [7, 11) is -1.59. The van der Waals surface area contributed by atoms with Gasteiger partial charge in [0.25, 0.3) is 10.0 Å². The first-order valence-electron chi connectivity index (χ1n) is 7.71. The molecule has 0 N–H and O–H groups in total. The minimum Gasteiger partial charge on any atom is -0.457 e. The van der Waals surface area contributed by atoms with Gasteiger partial charge in [0.2, 0.25) is 6.79 Å². The number of halogens is 1. The van der Waals surface area contributed by atoms with Crippen LogP contribution in [-0.4, -0.2) is 39.8 Å². The SMILES string of the molecule is CON(C)S(=O)(=O)c1cc(C(=O)OCc2ccc3c(c2)OCO3)ccc1Cl. The summed E-state index contributed by atoms with van der Waals surface area (Å²) in [5.74, 6) is 0.506. The summed E-state index contributed by atoms with van der Waals surface area (Å²) in [6, 6.07) is 9.02. The Morgan fingerprint density at radius 1 is 1.19 bits per heavy atom. The van der Waals surface area contributed by atoms with Crippen molar-refractivity contribution in [3.05, 3.63) is 52.5 Å². The number of hydrogen-bond donors (Lipinski definition) is 0. The number of carbonyl (C=O) groups excluding carboxylic acids is 1. The fourth-order valence-corrected chi connectivity index (χ4v) is 3.80. The van der Waals surface area contributed by atoms with Gasteiger partial charge in [-0.2, -0.15) is 0 Å². The van der Waals surface area contributed by atoms with Crippen molar-refractivity contribution in [3.8, 4) is 11.5 Å². The predicted octanol–water partition coefficient (Wildman–Crippen LogP) is 2.61. The smallest absolute Gasteiger partial charge is 0.338 e. The molecule has 1 aliphatic rings. The molecule has 0 unspecified atom stereocenters. The molecule has 1 aliphatic heterocycles. The predicted molar refractivity (Wildman–Crippen MR) is 95.1 cm³/mol. The van der Waals surface area contributed by atoms with E-state index in [2.05, 4.69) is 0 Å². The van der Waals surface area contributed by atoms with Crippen LogP contribution in [0.25, 0.3) is 0 Å². The molecular formula is C17H16ClNO7S. The molecule has 2 aromatic carbocycles. The van der Waals surface area contributed by atoms with Crippen molar-refractivity contribution in [3.63, 3.8) is 0 Å². The van der Waals surface area contributed by atoms with Gasteiger partial charge in [0.1, 0.15) is 11.5 Å². The van der Waals surface area contributed by atoms with Crippen LogP contribution in [0.1, 0.15) is 15.9 Å². The van der Waals surface area contributed by atoms with Crippen molar-refractivity contribution >= 4 is 27.6 Å². The first-order valence-corrected chi connectivity index (χ1v) is 9.53. The van der Waals surface area contributed by atoms with Crippen molar-refractivity contribution in [1.29, 1.82) is 0 Å². The molecule has 10 heteroatoms. The van der Waals surface area contributed by atoms with E-state index in [1.54, 1.807) is 18.2 Å². The molecule has 0 fully saturated rings. The Bertz CT molecular complexity index is 977. The second-order valence-electron chi connectivity index (χ2n) is 5.51. The molecule has 144 valence electrons. The molecule has 0 radical (unpaired) electrons. The normalized spacial score (nSPS) is 13.0. The van der Waals surface area contributed by atoms with Gasteiger partial charge in [-0.05, 0) is 35.9 Å². The van der Waals surface area contributed by atoms with E-state index >= 15 is 0 Å². The standard InChI is InChI=1S/C17H16ClNO7S/c1-19(23-2)27(21,22)16-8-12(4-5-13(16)18)17(20)24-9-11-3-6-14-15(7-11)26-10-25-14/h3-8H,9-10H2,1-2H3. The van der Waals surface area contributed by atoms with Crippen LogP contribution in [0.15, 0.2) is 41.3 Å². The number of fused-ring (bicyclic) bond motifs is 1. The zero-order valence-electron chi connectivity index (χ0n) is 14.5. The van der Waals surface area contributed by atoms with E-state index in [1.165, 1.54) is 26.3 Å². The second-order valence-corrected chi connectivity index (χ2v) is 7.82. The number of ether oxygens (including phenoxy) is 3. The van der Waals surface area contributed by atoms with Crippen LogP contribution in [0.3, 0.4) is 0 Å². The Morgan fingerprint density at radius 2 is 1.93 bits per heavy atom. The maximum Gasteiger partial charge on any atom is 0.338 e. The third-order valence-electron chi connectivity index (χ3n) is 3.85. The zero-order chi connectivity index (χ0) is 19.6. The number of hydroxylamine groups is 1. The molecule has 0 aromatic heterocycles. The Morgan fingerprint density at radius 3 is 2.67 bits per heavy atom. The lowest BCUT2D eigenvalue weighted by molar-refractivity contribution is -0.0258. The topological polar surface area (TPSA) is 91.4 Å². The third-order valence-corrected chi connectivity index (χ3v) is 6.01.